The minimum absolute atomic E-state index is 0.0418. The molecule has 0 radical (unpaired) electrons. The number of nitrogens with one attached hydrogen (secondary N) is 3. The zero-order valence-corrected chi connectivity index (χ0v) is 20.0. The van der Waals surface area contributed by atoms with Crippen LogP contribution in [0, 0.1) is 11.7 Å². The molecule has 1 fully saturated rings. The third-order valence-corrected chi connectivity index (χ3v) is 7.13. The number of para-hydroxylation sites is 1. The zero-order valence-electron chi connectivity index (χ0n) is 20.0. The van der Waals surface area contributed by atoms with E-state index in [1.807, 2.05) is 32.0 Å². The molecule has 9 heteroatoms. The summed E-state index contributed by atoms with van der Waals surface area (Å²) in [6, 6.07) is 11.5. The molecule has 36 heavy (non-hydrogen) atoms. The molecule has 2 aromatic carbocycles. The number of halogens is 1. The van der Waals surface area contributed by atoms with Crippen molar-refractivity contribution >= 4 is 40.6 Å². The van der Waals surface area contributed by atoms with Crippen molar-refractivity contribution in [3.63, 3.8) is 0 Å². The number of carbonyl (C=O) groups is 4. The van der Waals surface area contributed by atoms with Crippen LogP contribution in [0.25, 0.3) is 10.9 Å². The summed E-state index contributed by atoms with van der Waals surface area (Å²) in [5, 5.41) is 5.93. The van der Waals surface area contributed by atoms with Gasteiger partial charge in [-0.2, -0.15) is 0 Å². The summed E-state index contributed by atoms with van der Waals surface area (Å²) in [5.41, 5.74) is 1.03. The van der Waals surface area contributed by atoms with Crippen LogP contribution in [-0.4, -0.2) is 52.5 Å². The molecule has 0 aliphatic carbocycles. The van der Waals surface area contributed by atoms with Gasteiger partial charge in [0.25, 0.3) is 5.91 Å². The van der Waals surface area contributed by atoms with E-state index in [0.717, 1.165) is 5.56 Å². The van der Waals surface area contributed by atoms with E-state index in [0.29, 0.717) is 23.9 Å². The molecule has 3 atom stereocenters. The molecular formula is C27H27FN4O4. The Morgan fingerprint density at radius 1 is 1.22 bits per heavy atom. The molecule has 1 aromatic heterocycles. The summed E-state index contributed by atoms with van der Waals surface area (Å²) < 4.78 is 14.1. The van der Waals surface area contributed by atoms with Gasteiger partial charge in [-0.25, -0.2) is 4.39 Å². The van der Waals surface area contributed by atoms with Crippen molar-refractivity contribution in [2.45, 2.75) is 44.2 Å². The van der Waals surface area contributed by atoms with Crippen LogP contribution < -0.4 is 10.6 Å². The Balaban J connectivity index is 1.42. The van der Waals surface area contributed by atoms with Gasteiger partial charge < -0.3 is 25.3 Å². The second kappa shape index (κ2) is 8.89. The minimum atomic E-state index is -1.01. The highest BCUT2D eigenvalue weighted by atomic mass is 19.1. The zero-order chi connectivity index (χ0) is 25.6. The fourth-order valence-corrected chi connectivity index (χ4v) is 5.41. The van der Waals surface area contributed by atoms with Gasteiger partial charge in [0.15, 0.2) is 0 Å². The van der Waals surface area contributed by atoms with Gasteiger partial charge in [0.2, 0.25) is 11.8 Å². The first-order valence-corrected chi connectivity index (χ1v) is 12.0. The van der Waals surface area contributed by atoms with Gasteiger partial charge in [-0.05, 0) is 48.6 Å². The molecule has 0 bridgehead atoms. The number of rotatable bonds is 6. The third kappa shape index (κ3) is 3.84. The first-order valence-electron chi connectivity index (χ1n) is 12.0. The van der Waals surface area contributed by atoms with E-state index in [2.05, 4.69) is 15.6 Å². The Labute approximate surface area is 207 Å². The molecule has 1 unspecified atom stereocenters. The fourth-order valence-electron chi connectivity index (χ4n) is 5.41. The Bertz CT molecular complexity index is 1380. The van der Waals surface area contributed by atoms with Gasteiger partial charge >= 0.3 is 0 Å². The second-order valence-electron chi connectivity index (χ2n) is 10.00. The van der Waals surface area contributed by atoms with E-state index in [-0.39, 0.29) is 35.9 Å². The van der Waals surface area contributed by atoms with E-state index in [1.54, 1.807) is 18.2 Å². The van der Waals surface area contributed by atoms with Crippen molar-refractivity contribution in [2.75, 3.05) is 11.9 Å². The average molecular weight is 491 g/mol. The molecule has 1 spiro atoms. The number of hydrogen-bond donors (Lipinski definition) is 3. The van der Waals surface area contributed by atoms with Crippen LogP contribution in [0.4, 0.5) is 10.1 Å². The lowest BCUT2D eigenvalue weighted by Crippen LogP contribution is -2.51. The number of benzene rings is 2. The van der Waals surface area contributed by atoms with Gasteiger partial charge in [-0.15, -0.1) is 0 Å². The van der Waals surface area contributed by atoms with Crippen molar-refractivity contribution in [3.05, 3.63) is 65.6 Å². The normalized spacial score (nSPS) is 21.6. The number of hydrogen-bond acceptors (Lipinski definition) is 4. The minimum Gasteiger partial charge on any atom is -0.350 e. The number of carbonyl (C=O) groups excluding carboxylic acids is 4. The number of aromatic nitrogens is 1. The number of aldehydes is 1. The summed E-state index contributed by atoms with van der Waals surface area (Å²) in [5.74, 6) is -1.61. The largest absolute Gasteiger partial charge is 0.350 e. The van der Waals surface area contributed by atoms with Crippen LogP contribution in [-0.2, 0) is 19.8 Å². The molecule has 2 aliphatic rings. The highest BCUT2D eigenvalue weighted by molar-refractivity contribution is 6.08. The number of aromatic amines is 1. The quantitative estimate of drug-likeness (QED) is 0.461. The predicted molar refractivity (Wildman–Crippen MR) is 132 cm³/mol. The molecular weight excluding hydrogens is 463 g/mol. The lowest BCUT2D eigenvalue weighted by molar-refractivity contribution is -0.137. The van der Waals surface area contributed by atoms with Crippen molar-refractivity contribution < 1.29 is 23.6 Å². The molecule has 3 aromatic rings. The Kier molecular flexibility index (Phi) is 5.86. The smallest absolute Gasteiger partial charge is 0.268 e. The molecule has 186 valence electrons. The van der Waals surface area contributed by atoms with Gasteiger partial charge in [-0.3, -0.25) is 14.4 Å². The van der Waals surface area contributed by atoms with Crippen molar-refractivity contribution in [2.24, 2.45) is 5.92 Å². The van der Waals surface area contributed by atoms with E-state index >= 15 is 0 Å². The average Bonchev–Trinajstić information content (AvgIpc) is 3.53. The Morgan fingerprint density at radius 2 is 2.00 bits per heavy atom. The summed E-state index contributed by atoms with van der Waals surface area (Å²) in [4.78, 5) is 56.2. The molecule has 3 amide bonds. The lowest BCUT2D eigenvalue weighted by Gasteiger charge is -2.28. The number of nitrogens with zero attached hydrogens (tertiary/aromatic N) is 1. The van der Waals surface area contributed by atoms with Crippen LogP contribution in [0.5, 0.6) is 0 Å². The SMILES string of the molecule is CC(C)CC(NC(=O)c1cc2c(F)cccc2[nH]1)C(=O)N1C[C@]2(C[C@H]1C=O)C(=O)Nc1ccccc12. The van der Waals surface area contributed by atoms with Crippen LogP contribution in [0.1, 0.15) is 42.7 Å². The third-order valence-electron chi connectivity index (χ3n) is 7.13. The first kappa shape index (κ1) is 23.7. The van der Waals surface area contributed by atoms with Crippen molar-refractivity contribution in [3.8, 4) is 0 Å². The number of amides is 3. The molecule has 0 saturated carbocycles. The maximum atomic E-state index is 14.1. The lowest BCUT2D eigenvalue weighted by atomic mass is 9.80. The molecule has 3 N–H and O–H groups in total. The number of H-pyrrole nitrogens is 1. The highest BCUT2D eigenvalue weighted by Crippen LogP contribution is 2.46. The Morgan fingerprint density at radius 3 is 2.72 bits per heavy atom. The summed E-state index contributed by atoms with van der Waals surface area (Å²) in [6.07, 6.45) is 1.20. The molecule has 8 nitrogen and oxygen atoms in total. The topological polar surface area (TPSA) is 111 Å². The summed E-state index contributed by atoms with van der Waals surface area (Å²) in [6.45, 7) is 3.89. The fraction of sp³-hybridized carbons (Fsp3) is 0.333. The summed E-state index contributed by atoms with van der Waals surface area (Å²) in [7, 11) is 0. The molecule has 1 saturated heterocycles. The van der Waals surface area contributed by atoms with Crippen LogP contribution >= 0.6 is 0 Å². The number of anilines is 1. The van der Waals surface area contributed by atoms with Gasteiger partial charge in [0.05, 0.1) is 11.5 Å². The van der Waals surface area contributed by atoms with Crippen LogP contribution in [0.3, 0.4) is 0 Å². The highest BCUT2D eigenvalue weighted by Gasteiger charge is 2.56. The number of likely N-dealkylation sites (tertiary alicyclic amines) is 1. The van der Waals surface area contributed by atoms with Crippen molar-refractivity contribution in [1.82, 2.24) is 15.2 Å². The van der Waals surface area contributed by atoms with E-state index < -0.39 is 35.1 Å². The molecule has 5 rings (SSSR count). The molecule has 2 aliphatic heterocycles. The van der Waals surface area contributed by atoms with Crippen LogP contribution in [0.2, 0.25) is 0 Å². The maximum absolute atomic E-state index is 14.1. The monoisotopic (exact) mass is 490 g/mol. The van der Waals surface area contributed by atoms with E-state index in [9.17, 15) is 23.6 Å². The first-order chi connectivity index (χ1) is 17.2. The van der Waals surface area contributed by atoms with E-state index in [1.165, 1.54) is 17.0 Å². The molecule has 3 heterocycles. The van der Waals surface area contributed by atoms with Crippen molar-refractivity contribution in [1.29, 1.82) is 0 Å². The standard InChI is InChI=1S/C27H27FN4O4/c1-15(2)10-23(30-24(34)22-11-17-19(28)7-5-9-20(17)29-22)25(35)32-14-27(12-16(32)13-33)18-6-3-4-8-21(18)31-26(27)36/h3-9,11,13,15-16,23,29H,10,12,14H2,1-2H3,(H,30,34)(H,31,36)/t16-,23?,27-/m0/s1. The van der Waals surface area contributed by atoms with Gasteiger partial charge in [0.1, 0.15) is 23.8 Å². The maximum Gasteiger partial charge on any atom is 0.268 e. The number of fused-ring (bicyclic) bond motifs is 3. The van der Waals surface area contributed by atoms with Gasteiger partial charge in [-0.1, -0.05) is 38.1 Å². The van der Waals surface area contributed by atoms with Gasteiger partial charge in [0, 0.05) is 23.1 Å². The second-order valence-corrected chi connectivity index (χ2v) is 10.00. The Hall–Kier alpha value is -4.01. The van der Waals surface area contributed by atoms with Crippen LogP contribution in [0.15, 0.2) is 48.5 Å². The van der Waals surface area contributed by atoms with E-state index in [4.69, 9.17) is 0 Å². The predicted octanol–water partition coefficient (Wildman–Crippen LogP) is 3.14. The summed E-state index contributed by atoms with van der Waals surface area (Å²) >= 11 is 0.